The molecular formula is C24H23FN4O4. The highest BCUT2D eigenvalue weighted by molar-refractivity contribution is 6.41. The summed E-state index contributed by atoms with van der Waals surface area (Å²) in [6, 6.07) is 12.8. The summed E-state index contributed by atoms with van der Waals surface area (Å²) in [5.74, 6) is -1.78. The van der Waals surface area contributed by atoms with Gasteiger partial charge in [-0.05, 0) is 38.5 Å². The number of hydrogen-bond donors (Lipinski definition) is 0. The molecule has 2 aliphatic rings. The number of anilines is 1. The van der Waals surface area contributed by atoms with Crippen LogP contribution < -0.4 is 5.01 Å². The summed E-state index contributed by atoms with van der Waals surface area (Å²) in [6.45, 7) is 5.40. The van der Waals surface area contributed by atoms with E-state index in [0.29, 0.717) is 11.3 Å². The van der Waals surface area contributed by atoms with E-state index < -0.39 is 23.8 Å². The number of aryl methyl sites for hydroxylation is 1. The van der Waals surface area contributed by atoms with Gasteiger partial charge in [0.2, 0.25) is 11.8 Å². The number of rotatable bonds is 5. The van der Waals surface area contributed by atoms with Crippen molar-refractivity contribution < 1.29 is 23.5 Å². The van der Waals surface area contributed by atoms with E-state index in [2.05, 4.69) is 10.1 Å². The van der Waals surface area contributed by atoms with Crippen molar-refractivity contribution in [3.05, 3.63) is 76.7 Å². The molecule has 2 heterocycles. The van der Waals surface area contributed by atoms with Crippen LogP contribution in [-0.4, -0.2) is 42.4 Å². The fourth-order valence-electron chi connectivity index (χ4n) is 3.81. The maximum Gasteiger partial charge on any atom is 0.376 e. The van der Waals surface area contributed by atoms with E-state index >= 15 is 0 Å². The molecule has 2 aromatic rings. The fourth-order valence-corrected chi connectivity index (χ4v) is 3.81. The average molecular weight is 450 g/mol. The third-order valence-electron chi connectivity index (χ3n) is 5.35. The van der Waals surface area contributed by atoms with Crippen molar-refractivity contribution in [3.8, 4) is 0 Å². The molecule has 0 aliphatic carbocycles. The van der Waals surface area contributed by atoms with Crippen molar-refractivity contribution >= 4 is 29.4 Å². The van der Waals surface area contributed by atoms with Gasteiger partial charge in [0.15, 0.2) is 0 Å². The van der Waals surface area contributed by atoms with Gasteiger partial charge in [-0.2, -0.15) is 5.01 Å². The highest BCUT2D eigenvalue weighted by Crippen LogP contribution is 2.40. The molecule has 170 valence electrons. The third-order valence-corrected chi connectivity index (χ3v) is 5.35. The van der Waals surface area contributed by atoms with Crippen LogP contribution in [0, 0.1) is 12.7 Å². The monoisotopic (exact) mass is 450 g/mol. The van der Waals surface area contributed by atoms with Crippen LogP contribution in [0.1, 0.15) is 31.0 Å². The molecule has 1 atom stereocenters. The van der Waals surface area contributed by atoms with Crippen molar-refractivity contribution in [2.45, 2.75) is 26.8 Å². The standard InChI is InChI=1S/C24H23FN4O4/c1-5-33-23(31)21-27-29(18-9-7-6-8-17(18)25)24-26-15(3)19(22(30)32-4)20(28(21)24)16-12-10-14(2)11-13-16/h6-13,20H,5H2,1-4H3/t20-/m1/s1. The first kappa shape index (κ1) is 22.2. The molecule has 8 nitrogen and oxygen atoms in total. The number of nitrogens with zero attached hydrogens (tertiary/aromatic N) is 4. The molecule has 0 saturated carbocycles. The number of hydrazone groups is 1. The molecule has 4 rings (SSSR count). The van der Waals surface area contributed by atoms with Crippen LogP contribution in [0.25, 0.3) is 0 Å². The molecule has 33 heavy (non-hydrogen) atoms. The lowest BCUT2D eigenvalue weighted by molar-refractivity contribution is -0.138. The number of hydrogen-bond acceptors (Lipinski definition) is 8. The molecular weight excluding hydrogens is 427 g/mol. The summed E-state index contributed by atoms with van der Waals surface area (Å²) < 4.78 is 25.0. The smallest absolute Gasteiger partial charge is 0.376 e. The number of ether oxygens (including phenoxy) is 2. The predicted molar refractivity (Wildman–Crippen MR) is 121 cm³/mol. The average Bonchev–Trinajstić information content (AvgIpc) is 3.17. The molecule has 0 saturated heterocycles. The van der Waals surface area contributed by atoms with Gasteiger partial charge >= 0.3 is 11.9 Å². The van der Waals surface area contributed by atoms with E-state index in [0.717, 1.165) is 5.56 Å². The molecule has 0 fully saturated rings. The molecule has 0 spiro atoms. The number of carbonyl (C=O) groups excluding carboxylic acids is 2. The van der Waals surface area contributed by atoms with Gasteiger partial charge < -0.3 is 9.47 Å². The first-order chi connectivity index (χ1) is 15.9. The van der Waals surface area contributed by atoms with E-state index in [1.54, 1.807) is 26.0 Å². The van der Waals surface area contributed by atoms with Crippen LogP contribution in [0.5, 0.6) is 0 Å². The van der Waals surface area contributed by atoms with Crippen LogP contribution in [0.15, 0.2) is 69.9 Å². The van der Waals surface area contributed by atoms with E-state index in [4.69, 9.17) is 9.47 Å². The third kappa shape index (κ3) is 3.86. The number of benzene rings is 2. The van der Waals surface area contributed by atoms with E-state index in [-0.39, 0.29) is 29.7 Å². The Morgan fingerprint density at radius 2 is 1.76 bits per heavy atom. The lowest BCUT2D eigenvalue weighted by atomic mass is 9.93. The van der Waals surface area contributed by atoms with Gasteiger partial charge in [-0.3, -0.25) is 4.90 Å². The summed E-state index contributed by atoms with van der Waals surface area (Å²) in [6.07, 6.45) is 0. The zero-order valence-electron chi connectivity index (χ0n) is 18.7. The predicted octanol–water partition coefficient (Wildman–Crippen LogP) is 3.69. The zero-order chi connectivity index (χ0) is 23.7. The van der Waals surface area contributed by atoms with Gasteiger partial charge in [0.25, 0.3) is 0 Å². The minimum absolute atomic E-state index is 0.109. The SMILES string of the molecule is CCOC(=O)C1=NN(c2ccccc2F)C2=NC(C)=C(C(=O)OC)[C@@H](c3ccc(C)cc3)N12. The number of amidine groups is 1. The largest absolute Gasteiger partial charge is 0.466 e. The molecule has 9 heteroatoms. The lowest BCUT2D eigenvalue weighted by Gasteiger charge is -2.35. The molecule has 0 aromatic heterocycles. The first-order valence-electron chi connectivity index (χ1n) is 10.4. The maximum absolute atomic E-state index is 14.7. The number of guanidine groups is 1. The number of halogens is 1. The van der Waals surface area contributed by atoms with Crippen LogP contribution in [0.3, 0.4) is 0 Å². The molecule has 0 unspecified atom stereocenters. The Labute approximate surface area is 190 Å². The Hall–Kier alpha value is -4.01. The van der Waals surface area contributed by atoms with Crippen LogP contribution >= 0.6 is 0 Å². The van der Waals surface area contributed by atoms with Gasteiger partial charge in [-0.1, -0.05) is 42.0 Å². The normalized spacial score (nSPS) is 17.4. The second-order valence-electron chi connectivity index (χ2n) is 7.49. The number of esters is 2. The van der Waals surface area contributed by atoms with Gasteiger partial charge in [0.05, 0.1) is 31.0 Å². The van der Waals surface area contributed by atoms with E-state index in [1.807, 2.05) is 31.2 Å². The molecule has 2 aromatic carbocycles. The highest BCUT2D eigenvalue weighted by atomic mass is 19.1. The van der Waals surface area contributed by atoms with Crippen LogP contribution in [0.2, 0.25) is 0 Å². The molecule has 0 amide bonds. The summed E-state index contributed by atoms with van der Waals surface area (Å²) in [5.41, 5.74) is 2.47. The Kier molecular flexibility index (Phi) is 5.95. The summed E-state index contributed by atoms with van der Waals surface area (Å²) in [7, 11) is 1.28. The van der Waals surface area contributed by atoms with Crippen LogP contribution in [-0.2, 0) is 19.1 Å². The minimum atomic E-state index is -0.787. The number of allylic oxidation sites excluding steroid dienone is 1. The highest BCUT2D eigenvalue weighted by Gasteiger charge is 2.47. The van der Waals surface area contributed by atoms with Gasteiger partial charge in [-0.25, -0.2) is 19.0 Å². The van der Waals surface area contributed by atoms with Crippen molar-refractivity contribution in [2.24, 2.45) is 10.1 Å². The Morgan fingerprint density at radius 1 is 1.06 bits per heavy atom. The second-order valence-corrected chi connectivity index (χ2v) is 7.49. The number of methoxy groups -OCH3 is 1. The zero-order valence-corrected chi connectivity index (χ0v) is 18.7. The summed E-state index contributed by atoms with van der Waals surface area (Å²) >= 11 is 0. The van der Waals surface area contributed by atoms with Crippen molar-refractivity contribution in [3.63, 3.8) is 0 Å². The van der Waals surface area contributed by atoms with Gasteiger partial charge in [-0.15, -0.1) is 5.10 Å². The lowest BCUT2D eigenvalue weighted by Crippen LogP contribution is -2.47. The topological polar surface area (TPSA) is 83.8 Å². The Bertz CT molecular complexity index is 1200. The molecule has 2 aliphatic heterocycles. The maximum atomic E-state index is 14.7. The van der Waals surface area contributed by atoms with Gasteiger partial charge in [0.1, 0.15) is 11.5 Å². The second kappa shape index (κ2) is 8.85. The van der Waals surface area contributed by atoms with E-state index in [9.17, 15) is 14.0 Å². The number of para-hydroxylation sites is 1. The Balaban J connectivity index is 1.96. The van der Waals surface area contributed by atoms with Crippen molar-refractivity contribution in [1.82, 2.24) is 4.90 Å². The molecule has 0 N–H and O–H groups in total. The van der Waals surface area contributed by atoms with Crippen molar-refractivity contribution in [2.75, 3.05) is 18.7 Å². The number of aliphatic imine (C=N–C) groups is 1. The Morgan fingerprint density at radius 3 is 2.39 bits per heavy atom. The van der Waals surface area contributed by atoms with E-state index in [1.165, 1.54) is 29.2 Å². The van der Waals surface area contributed by atoms with Crippen molar-refractivity contribution in [1.29, 1.82) is 0 Å². The van der Waals surface area contributed by atoms with Crippen LogP contribution in [0.4, 0.5) is 10.1 Å². The molecule has 0 bridgehead atoms. The summed E-state index contributed by atoms with van der Waals surface area (Å²) in [4.78, 5) is 31.8. The number of carbonyl (C=O) groups is 2. The minimum Gasteiger partial charge on any atom is -0.466 e. The quantitative estimate of drug-likeness (QED) is 0.646. The van der Waals surface area contributed by atoms with Gasteiger partial charge in [0, 0.05) is 0 Å². The summed E-state index contributed by atoms with van der Waals surface area (Å²) in [5, 5.41) is 5.63. The first-order valence-corrected chi connectivity index (χ1v) is 10.4. The fraction of sp³-hybridized carbons (Fsp3) is 0.250. The number of fused-ring (bicyclic) bond motifs is 1. The molecule has 0 radical (unpaired) electrons.